The Balaban J connectivity index is 0.000000283. The smallest absolute Gasteiger partial charge is 0.0775 e. The maximum Gasteiger partial charge on any atom is 0.0775 e. The van der Waals surface area contributed by atoms with Crippen LogP contribution >= 0.6 is 0 Å². The average Bonchev–Trinajstić information content (AvgIpc) is 3.66. The molecule has 0 aliphatic carbocycles. The van der Waals surface area contributed by atoms with Crippen LogP contribution in [0.1, 0.15) is 31.9 Å². The number of benzene rings is 4. The second-order valence-electron chi connectivity index (χ2n) is 14.8. The summed E-state index contributed by atoms with van der Waals surface area (Å²) >= 11 is 1.80. The second-order valence-corrected chi connectivity index (χ2v) is 32.8. The Bertz CT molecular complexity index is 1910. The molecule has 6 aromatic rings. The fourth-order valence-electron chi connectivity index (χ4n) is 5.94. The first-order valence-corrected chi connectivity index (χ1v) is 30.0. The van der Waals surface area contributed by atoms with Crippen molar-refractivity contribution in [1.82, 2.24) is 0 Å². The molecule has 0 atom stereocenters. The van der Waals surface area contributed by atoms with Crippen LogP contribution in [0.25, 0.3) is 43.8 Å². The van der Waals surface area contributed by atoms with Gasteiger partial charge in [0.15, 0.2) is 0 Å². The number of rotatable bonds is 7. The molecule has 0 radical (unpaired) electrons. The Morgan fingerprint density at radius 1 is 0.571 bits per heavy atom. The van der Waals surface area contributed by atoms with E-state index in [9.17, 15) is 0 Å². The van der Waals surface area contributed by atoms with Gasteiger partial charge in [-0.3, -0.25) is 0 Å². The normalized spacial score (nSPS) is 11.1. The Morgan fingerprint density at radius 3 is 1.35 bits per heavy atom. The molecule has 258 valence electrons. The van der Waals surface area contributed by atoms with Gasteiger partial charge in [0.25, 0.3) is 0 Å². The third-order valence-corrected chi connectivity index (χ3v) is 20.1. The van der Waals surface area contributed by atoms with Gasteiger partial charge in [0.2, 0.25) is 0 Å². The molecule has 0 amide bonds. The van der Waals surface area contributed by atoms with Crippen molar-refractivity contribution >= 4 is 53.5 Å². The molecule has 0 unspecified atom stereocenters. The maximum atomic E-state index is 2.40. The molecular weight excluding hydrogens is 763 g/mol. The minimum atomic E-state index is -1.21. The van der Waals surface area contributed by atoms with Gasteiger partial charge in [-0.25, -0.2) is 0 Å². The third kappa shape index (κ3) is 11.6. The number of hydrogen-bond donors (Lipinski definition) is 0. The summed E-state index contributed by atoms with van der Waals surface area (Å²) < 4.78 is 0. The van der Waals surface area contributed by atoms with Gasteiger partial charge in [0, 0.05) is 0 Å². The van der Waals surface area contributed by atoms with E-state index in [4.69, 9.17) is 0 Å². The molecule has 0 bridgehead atoms. The van der Waals surface area contributed by atoms with Crippen molar-refractivity contribution in [1.29, 1.82) is 0 Å². The molecule has 0 aliphatic rings. The molecule has 49 heavy (non-hydrogen) atoms. The molecule has 6 rings (SSSR count). The van der Waals surface area contributed by atoms with Gasteiger partial charge in [-0.2, -0.15) is 12.1 Å². The van der Waals surface area contributed by atoms with Crippen LogP contribution in [0, 0.1) is 6.92 Å². The van der Waals surface area contributed by atoms with Crippen molar-refractivity contribution in [3.8, 4) is 22.3 Å². The van der Waals surface area contributed by atoms with Crippen molar-refractivity contribution in [2.24, 2.45) is 0 Å². The van der Waals surface area contributed by atoms with Crippen molar-refractivity contribution < 1.29 is 48.1 Å². The molecule has 0 fully saturated rings. The van der Waals surface area contributed by atoms with Gasteiger partial charge in [-0.05, 0) is 17.5 Å². The number of hydrogen-bond acceptors (Lipinski definition) is 0. The fraction of sp³-hybridized carbons (Fsp3) is 0.302. The molecule has 0 nitrogen and oxygen atoms in total. The van der Waals surface area contributed by atoms with Crippen molar-refractivity contribution in [2.75, 3.05) is 0 Å². The zero-order chi connectivity index (χ0) is 34.4. The van der Waals surface area contributed by atoms with Gasteiger partial charge in [0.05, 0.1) is 16.1 Å². The summed E-state index contributed by atoms with van der Waals surface area (Å²) in [6.45, 7) is 23.3. The fourth-order valence-corrected chi connectivity index (χ4v) is 8.77. The molecule has 6 aromatic carbocycles. The first-order valence-electron chi connectivity index (χ1n) is 17.4. The van der Waals surface area contributed by atoms with E-state index in [2.05, 4.69) is 176 Å². The summed E-state index contributed by atoms with van der Waals surface area (Å²) in [4.78, 5) is 0. The zero-order valence-electron chi connectivity index (χ0n) is 31.3. The second kappa shape index (κ2) is 19.2. The minimum Gasteiger partial charge on any atom is -1.00 e. The Morgan fingerprint density at radius 2 is 0.980 bits per heavy atom. The van der Waals surface area contributed by atoms with Gasteiger partial charge in [0.1, 0.15) is 0 Å². The molecule has 0 aliphatic heterocycles. The molecule has 0 N–H and O–H groups in total. The van der Waals surface area contributed by atoms with Gasteiger partial charge in [-0.1, -0.05) is 135 Å². The molecular formula is C43H54Cl2Si3Zr-2. The van der Waals surface area contributed by atoms with E-state index < -0.39 is 16.1 Å². The van der Waals surface area contributed by atoms with Crippen LogP contribution < -0.4 is 35.2 Å². The first-order chi connectivity index (χ1) is 22.2. The van der Waals surface area contributed by atoms with Crippen LogP contribution in [-0.4, -0.2) is 21.6 Å². The van der Waals surface area contributed by atoms with Crippen LogP contribution in [-0.2, 0) is 29.8 Å². The van der Waals surface area contributed by atoms with Gasteiger partial charge >= 0.3 is 54.7 Å². The predicted octanol–water partition coefficient (Wildman–Crippen LogP) is 5.99. The zero-order valence-corrected chi connectivity index (χ0v) is 38.2. The van der Waals surface area contributed by atoms with E-state index in [0.717, 1.165) is 6.42 Å². The third-order valence-electron chi connectivity index (χ3n) is 9.09. The first kappa shape index (κ1) is 43.4. The summed E-state index contributed by atoms with van der Waals surface area (Å²) in [7, 11) is -2.42. The van der Waals surface area contributed by atoms with Crippen molar-refractivity contribution in [3.05, 3.63) is 120 Å². The van der Waals surface area contributed by atoms with E-state index in [1.165, 1.54) is 77.4 Å². The van der Waals surface area contributed by atoms with Crippen LogP contribution in [0.2, 0.25) is 51.4 Å². The van der Waals surface area contributed by atoms with E-state index in [-0.39, 0.29) is 30.2 Å². The predicted molar refractivity (Wildman–Crippen MR) is 217 cm³/mol. The van der Waals surface area contributed by atoms with Crippen molar-refractivity contribution in [3.63, 3.8) is 0 Å². The number of halogens is 2. The molecule has 6 heteroatoms. The summed E-state index contributed by atoms with van der Waals surface area (Å²) in [5.74, 6) is 0. The van der Waals surface area contributed by atoms with Crippen LogP contribution in [0.5, 0.6) is 0 Å². The van der Waals surface area contributed by atoms with Crippen LogP contribution in [0.4, 0.5) is 0 Å². The maximum absolute atomic E-state index is 2.40. The number of fused-ring (bicyclic) bond motifs is 2. The molecule has 0 aromatic heterocycles. The average molecular weight is 817 g/mol. The van der Waals surface area contributed by atoms with Gasteiger partial charge in [-0.15, -0.1) is 69.1 Å². The Kier molecular flexibility index (Phi) is 17.0. The van der Waals surface area contributed by atoms with E-state index in [1.54, 1.807) is 23.3 Å². The molecule has 0 saturated carbocycles. The molecule has 0 spiro atoms. The van der Waals surface area contributed by atoms with Crippen LogP contribution in [0.15, 0.2) is 109 Å². The standard InChI is InChI=1S/C20H23Si.C19H21Si.C4H10Si.2ClH.Zr/c1-5-15-13-17-7-6-8-19(20(17)14-15)16-9-11-18(12-10-16)21(2,3)4;1-14-12-16-6-5-7-18(19(16)13-14)15-8-10-17(11-9-15)20(2,3)4;1-3-5-4-2;;;/h6-14H,5H2,1-4H3;5-13H,1-4H3;3-4H2,1-2H3;2*1H;/q2*-1;;;;+2/p-2. The van der Waals surface area contributed by atoms with Crippen molar-refractivity contribution in [2.45, 2.75) is 85.5 Å². The quantitative estimate of drug-likeness (QED) is 0.138. The Labute approximate surface area is 327 Å². The Hall–Kier alpha value is -1.79. The molecule has 0 heterocycles. The van der Waals surface area contributed by atoms with Crippen LogP contribution in [0.3, 0.4) is 0 Å². The summed E-state index contributed by atoms with van der Waals surface area (Å²) in [6, 6.07) is 43.8. The molecule has 0 saturated heterocycles. The minimum absolute atomic E-state index is 0. The van der Waals surface area contributed by atoms with E-state index in [1.807, 2.05) is 0 Å². The van der Waals surface area contributed by atoms with E-state index in [0.29, 0.717) is 0 Å². The SMILES string of the molecule is CC[Si](=[Zr+2])CC.CCc1cc2c(-c3ccc([Si](C)(C)C)cc3)cccc2[cH-]1.Cc1cc2c(-c3ccc([Si](C)(C)C)cc3)cccc2[cH-]1.[Cl-].[Cl-]. The van der Waals surface area contributed by atoms with E-state index >= 15 is 0 Å². The largest absolute Gasteiger partial charge is 1.00 e. The monoisotopic (exact) mass is 814 g/mol. The van der Waals surface area contributed by atoms with Gasteiger partial charge < -0.3 is 24.8 Å². The summed E-state index contributed by atoms with van der Waals surface area (Å²) in [5, 5.41) is 8.50. The topological polar surface area (TPSA) is 0 Å². The summed E-state index contributed by atoms with van der Waals surface area (Å²) in [6.07, 6.45) is 1.10. The number of aryl methyl sites for hydroxylation is 2. The summed E-state index contributed by atoms with van der Waals surface area (Å²) in [5.41, 5.74) is 8.34.